The first kappa shape index (κ1) is 24.5. The maximum atomic E-state index is 14.4. The maximum Gasteiger partial charge on any atom is 0.0965 e. The van der Waals surface area contributed by atoms with E-state index in [1.165, 1.54) is 0 Å². The Labute approximate surface area is 203 Å². The summed E-state index contributed by atoms with van der Waals surface area (Å²) in [6, 6.07) is 40.3. The van der Waals surface area contributed by atoms with E-state index < -0.39 is 14.3 Å². The third-order valence-corrected chi connectivity index (χ3v) is 12.4. The highest BCUT2D eigenvalue weighted by Crippen LogP contribution is 2.59. The van der Waals surface area contributed by atoms with Gasteiger partial charge < -0.3 is 9.13 Å². The Morgan fingerprint density at radius 1 is 0.353 bits per heavy atom. The van der Waals surface area contributed by atoms with Crippen molar-refractivity contribution in [2.24, 2.45) is 0 Å². The standard InChI is InChI=1S/C30H32O2P2/c31-33(23-27-13-5-1-6-14-27,24-28-15-7-2-8-16-28)21-22-34(32,25-29-17-9-3-10-18-29)26-30-19-11-4-12-20-30/h1-20H,21-26H2. The summed E-state index contributed by atoms with van der Waals surface area (Å²) in [6.07, 6.45) is 3.15. The average molecular weight is 487 g/mol. The Morgan fingerprint density at radius 2 is 0.559 bits per heavy atom. The predicted octanol–water partition coefficient (Wildman–Crippen LogP) is 8.51. The summed E-state index contributed by atoms with van der Waals surface area (Å²) in [5, 5.41) is 0. The Bertz CT molecular complexity index is 1050. The van der Waals surface area contributed by atoms with Gasteiger partial charge in [0.1, 0.15) is 0 Å². The Kier molecular flexibility index (Phi) is 8.39. The topological polar surface area (TPSA) is 34.1 Å². The third kappa shape index (κ3) is 7.42. The van der Waals surface area contributed by atoms with Gasteiger partial charge in [0.2, 0.25) is 0 Å². The summed E-state index contributed by atoms with van der Waals surface area (Å²) in [6.45, 7) is 0. The second kappa shape index (κ2) is 11.7. The van der Waals surface area contributed by atoms with E-state index in [4.69, 9.17) is 0 Å². The van der Waals surface area contributed by atoms with Gasteiger partial charge in [0.25, 0.3) is 0 Å². The van der Waals surface area contributed by atoms with Crippen LogP contribution in [0.25, 0.3) is 0 Å². The van der Waals surface area contributed by atoms with Gasteiger partial charge in [-0.2, -0.15) is 0 Å². The molecule has 0 unspecified atom stereocenters. The number of hydrogen-bond donors (Lipinski definition) is 0. The summed E-state index contributed by atoms with van der Waals surface area (Å²) in [7, 11) is -5.28. The van der Waals surface area contributed by atoms with Crippen molar-refractivity contribution in [3.8, 4) is 0 Å². The summed E-state index contributed by atoms with van der Waals surface area (Å²) >= 11 is 0. The molecule has 0 heterocycles. The van der Waals surface area contributed by atoms with Crippen LogP contribution in [-0.4, -0.2) is 12.3 Å². The van der Waals surface area contributed by atoms with Crippen molar-refractivity contribution in [2.75, 3.05) is 12.3 Å². The van der Waals surface area contributed by atoms with Gasteiger partial charge in [0.05, 0.1) is 14.3 Å². The normalized spacial score (nSPS) is 11.9. The van der Waals surface area contributed by atoms with Crippen molar-refractivity contribution < 1.29 is 9.13 Å². The van der Waals surface area contributed by atoms with Gasteiger partial charge in [0.15, 0.2) is 0 Å². The molecule has 0 N–H and O–H groups in total. The van der Waals surface area contributed by atoms with Crippen LogP contribution in [0.5, 0.6) is 0 Å². The minimum atomic E-state index is -2.64. The highest BCUT2D eigenvalue weighted by molar-refractivity contribution is 7.66. The SMILES string of the molecule is O=P(CCP(=O)(Cc1ccccc1)Cc1ccccc1)(Cc1ccccc1)Cc1ccccc1. The summed E-state index contributed by atoms with van der Waals surface area (Å²) in [5.74, 6) is 0. The Balaban J connectivity index is 1.59. The number of rotatable bonds is 11. The van der Waals surface area contributed by atoms with Crippen LogP contribution in [0.1, 0.15) is 22.3 Å². The van der Waals surface area contributed by atoms with Crippen molar-refractivity contribution in [3.63, 3.8) is 0 Å². The first-order valence-corrected chi connectivity index (χ1v) is 16.3. The molecule has 2 nitrogen and oxygen atoms in total. The van der Waals surface area contributed by atoms with Crippen molar-refractivity contribution in [1.82, 2.24) is 0 Å². The van der Waals surface area contributed by atoms with E-state index in [1.807, 2.05) is 121 Å². The second-order valence-corrected chi connectivity index (χ2v) is 15.5. The smallest absolute Gasteiger partial charge is 0.0965 e. The van der Waals surface area contributed by atoms with Crippen molar-refractivity contribution in [3.05, 3.63) is 144 Å². The zero-order chi connectivity index (χ0) is 23.7. The van der Waals surface area contributed by atoms with Crippen LogP contribution in [0, 0.1) is 0 Å². The lowest BCUT2D eigenvalue weighted by Crippen LogP contribution is -2.06. The molecular weight excluding hydrogens is 454 g/mol. The summed E-state index contributed by atoms with van der Waals surface area (Å²) in [5.41, 5.74) is 4.34. The molecule has 0 bridgehead atoms. The van der Waals surface area contributed by atoms with Crippen LogP contribution in [0.2, 0.25) is 0 Å². The van der Waals surface area contributed by atoms with Gasteiger partial charge in [0, 0.05) is 37.0 Å². The van der Waals surface area contributed by atoms with Gasteiger partial charge in [-0.3, -0.25) is 0 Å². The fraction of sp³-hybridized carbons (Fsp3) is 0.200. The molecule has 4 aromatic rings. The molecule has 0 aromatic heterocycles. The zero-order valence-electron chi connectivity index (χ0n) is 19.5. The van der Waals surface area contributed by atoms with Gasteiger partial charge in [-0.05, 0) is 22.3 Å². The van der Waals surface area contributed by atoms with E-state index >= 15 is 0 Å². The lowest BCUT2D eigenvalue weighted by atomic mass is 10.2. The van der Waals surface area contributed by atoms with Crippen LogP contribution in [-0.2, 0) is 33.8 Å². The van der Waals surface area contributed by atoms with E-state index in [9.17, 15) is 9.13 Å². The van der Waals surface area contributed by atoms with Crippen LogP contribution < -0.4 is 0 Å². The molecule has 0 aliphatic carbocycles. The summed E-state index contributed by atoms with van der Waals surface area (Å²) in [4.78, 5) is 0. The highest BCUT2D eigenvalue weighted by Gasteiger charge is 2.30. The van der Waals surface area contributed by atoms with E-state index in [-0.39, 0.29) is 0 Å². The molecule has 0 aliphatic heterocycles. The van der Waals surface area contributed by atoms with Gasteiger partial charge >= 0.3 is 0 Å². The van der Waals surface area contributed by atoms with E-state index in [0.29, 0.717) is 37.0 Å². The Morgan fingerprint density at radius 3 is 0.765 bits per heavy atom. The van der Waals surface area contributed by atoms with Gasteiger partial charge in [-0.25, -0.2) is 0 Å². The minimum Gasteiger partial charge on any atom is -0.323 e. The Hall–Kier alpha value is -2.66. The molecule has 0 amide bonds. The zero-order valence-corrected chi connectivity index (χ0v) is 21.3. The van der Waals surface area contributed by atoms with Gasteiger partial charge in [-0.15, -0.1) is 0 Å². The van der Waals surface area contributed by atoms with Crippen molar-refractivity contribution in [2.45, 2.75) is 24.6 Å². The molecule has 174 valence electrons. The maximum absolute atomic E-state index is 14.4. The van der Waals surface area contributed by atoms with Crippen molar-refractivity contribution in [1.29, 1.82) is 0 Å². The molecule has 4 heteroatoms. The predicted molar refractivity (Wildman–Crippen MR) is 146 cm³/mol. The fourth-order valence-corrected chi connectivity index (χ4v) is 11.7. The van der Waals surface area contributed by atoms with E-state index in [1.54, 1.807) is 0 Å². The van der Waals surface area contributed by atoms with Gasteiger partial charge in [-0.1, -0.05) is 121 Å². The molecule has 0 atom stereocenters. The molecule has 4 rings (SSSR count). The van der Waals surface area contributed by atoms with E-state index in [2.05, 4.69) is 0 Å². The second-order valence-electron chi connectivity index (χ2n) is 9.14. The quantitative estimate of drug-likeness (QED) is 0.199. The molecule has 0 saturated heterocycles. The van der Waals surface area contributed by atoms with Crippen molar-refractivity contribution >= 4 is 14.3 Å². The third-order valence-electron chi connectivity index (χ3n) is 6.17. The van der Waals surface area contributed by atoms with Crippen LogP contribution >= 0.6 is 14.3 Å². The number of hydrogen-bond acceptors (Lipinski definition) is 2. The minimum absolute atomic E-state index is 0.494. The largest absolute Gasteiger partial charge is 0.323 e. The number of benzene rings is 4. The molecule has 0 spiro atoms. The van der Waals surface area contributed by atoms with Crippen LogP contribution in [0.3, 0.4) is 0 Å². The molecular formula is C30H32O2P2. The lowest BCUT2D eigenvalue weighted by Gasteiger charge is -2.24. The average Bonchev–Trinajstić information content (AvgIpc) is 2.85. The molecule has 0 radical (unpaired) electrons. The lowest BCUT2D eigenvalue weighted by molar-refractivity contribution is 0.566. The molecule has 4 aromatic carbocycles. The van der Waals surface area contributed by atoms with Crippen LogP contribution in [0.4, 0.5) is 0 Å². The fourth-order valence-electron chi connectivity index (χ4n) is 4.46. The monoisotopic (exact) mass is 486 g/mol. The highest BCUT2D eigenvalue weighted by atomic mass is 31.2. The first-order chi connectivity index (χ1) is 16.5. The molecule has 0 fully saturated rings. The summed E-state index contributed by atoms with van der Waals surface area (Å²) < 4.78 is 28.8. The molecule has 0 aliphatic rings. The molecule has 0 saturated carbocycles. The van der Waals surface area contributed by atoms with E-state index in [0.717, 1.165) is 22.3 Å². The van der Waals surface area contributed by atoms with Crippen LogP contribution in [0.15, 0.2) is 121 Å². The molecule has 34 heavy (non-hydrogen) atoms. The first-order valence-electron chi connectivity index (χ1n) is 11.8.